The average Bonchev–Trinajstić information content (AvgIpc) is 3.26. The van der Waals surface area contributed by atoms with E-state index in [4.69, 9.17) is 5.73 Å². The van der Waals surface area contributed by atoms with Crippen LogP contribution in [0.1, 0.15) is 17.0 Å². The van der Waals surface area contributed by atoms with E-state index in [1.165, 1.54) is 0 Å². The van der Waals surface area contributed by atoms with Gasteiger partial charge in [-0.15, -0.1) is 0 Å². The number of benzene rings is 2. The van der Waals surface area contributed by atoms with Crippen molar-refractivity contribution in [3.8, 4) is 0 Å². The van der Waals surface area contributed by atoms with Gasteiger partial charge in [0.15, 0.2) is 9.84 Å². The SMILES string of the molecule is Cc1ccc(S(=O)(=O)[C@@H]2[C@@H](c3ccc(Br)cc3)[C@]2(CN)CO)cc1. The minimum atomic E-state index is -3.57. The smallest absolute Gasteiger partial charge is 0.182 e. The van der Waals surface area contributed by atoms with Gasteiger partial charge in [0.05, 0.1) is 16.8 Å². The fraction of sp³-hybridized carbons (Fsp3) is 0.333. The van der Waals surface area contributed by atoms with E-state index in [1.807, 2.05) is 31.2 Å². The lowest BCUT2D eigenvalue weighted by Gasteiger charge is -2.12. The Morgan fingerprint density at radius 2 is 1.71 bits per heavy atom. The van der Waals surface area contributed by atoms with E-state index in [0.29, 0.717) is 0 Å². The molecule has 0 amide bonds. The monoisotopic (exact) mass is 409 g/mol. The predicted octanol–water partition coefficient (Wildman–Crippen LogP) is 2.63. The van der Waals surface area contributed by atoms with Gasteiger partial charge < -0.3 is 10.8 Å². The van der Waals surface area contributed by atoms with Crippen molar-refractivity contribution in [1.82, 2.24) is 0 Å². The predicted molar refractivity (Wildman–Crippen MR) is 97.6 cm³/mol. The Bertz CT molecular complexity index is 828. The van der Waals surface area contributed by atoms with E-state index in [1.54, 1.807) is 24.3 Å². The number of hydrogen-bond acceptors (Lipinski definition) is 4. The molecule has 0 heterocycles. The highest BCUT2D eigenvalue weighted by Crippen LogP contribution is 2.63. The molecule has 3 rings (SSSR count). The van der Waals surface area contributed by atoms with Crippen LogP contribution in [0.5, 0.6) is 0 Å². The molecule has 2 aromatic rings. The molecule has 1 aliphatic carbocycles. The summed E-state index contributed by atoms with van der Waals surface area (Å²) in [4.78, 5) is 0.281. The quantitative estimate of drug-likeness (QED) is 0.794. The fourth-order valence-corrected chi connectivity index (χ4v) is 6.21. The molecule has 3 atom stereocenters. The number of nitrogens with two attached hydrogens (primary N) is 1. The van der Waals surface area contributed by atoms with E-state index in [-0.39, 0.29) is 24.0 Å². The van der Waals surface area contributed by atoms with Crippen molar-refractivity contribution < 1.29 is 13.5 Å². The van der Waals surface area contributed by atoms with Crippen LogP contribution < -0.4 is 5.73 Å². The highest BCUT2D eigenvalue weighted by Gasteiger charge is 2.70. The van der Waals surface area contributed by atoms with Crippen molar-refractivity contribution in [2.24, 2.45) is 11.1 Å². The highest BCUT2D eigenvalue weighted by atomic mass is 79.9. The van der Waals surface area contributed by atoms with E-state index < -0.39 is 20.5 Å². The molecule has 4 nitrogen and oxygen atoms in total. The summed E-state index contributed by atoms with van der Waals surface area (Å²) in [5.41, 5.74) is 6.96. The molecule has 0 bridgehead atoms. The van der Waals surface area contributed by atoms with Crippen molar-refractivity contribution in [2.45, 2.75) is 23.0 Å². The van der Waals surface area contributed by atoms with Gasteiger partial charge in [-0.1, -0.05) is 45.8 Å². The van der Waals surface area contributed by atoms with Crippen molar-refractivity contribution >= 4 is 25.8 Å². The van der Waals surface area contributed by atoms with Crippen LogP contribution in [0.25, 0.3) is 0 Å². The lowest BCUT2D eigenvalue weighted by Crippen LogP contribution is -2.27. The molecule has 1 aliphatic rings. The molecular weight excluding hydrogens is 390 g/mol. The first-order valence-electron chi connectivity index (χ1n) is 7.74. The lowest BCUT2D eigenvalue weighted by atomic mass is 10.0. The molecule has 128 valence electrons. The van der Waals surface area contributed by atoms with Crippen LogP contribution >= 0.6 is 15.9 Å². The second kappa shape index (κ2) is 6.26. The minimum Gasteiger partial charge on any atom is -0.396 e. The minimum absolute atomic E-state index is 0.125. The molecule has 2 aromatic carbocycles. The van der Waals surface area contributed by atoms with Gasteiger partial charge in [0, 0.05) is 22.4 Å². The standard InChI is InChI=1S/C18H20BrNO3S/c1-12-2-8-15(9-3-12)24(22,23)17-16(18(17,10-20)11-21)13-4-6-14(19)7-5-13/h2-9,16-17,21H,10-11,20H2,1H3/t16-,17-,18+/m1/s1. The summed E-state index contributed by atoms with van der Waals surface area (Å²) in [5.74, 6) is -0.299. The van der Waals surface area contributed by atoms with E-state index in [0.717, 1.165) is 15.6 Å². The summed E-state index contributed by atoms with van der Waals surface area (Å²) in [5, 5.41) is 9.21. The molecule has 0 radical (unpaired) electrons. The van der Waals surface area contributed by atoms with Gasteiger partial charge in [-0.3, -0.25) is 0 Å². The molecule has 0 saturated heterocycles. The van der Waals surface area contributed by atoms with Gasteiger partial charge in [0.2, 0.25) is 0 Å². The summed E-state index contributed by atoms with van der Waals surface area (Å²) in [6.45, 7) is 1.79. The second-order valence-corrected chi connectivity index (χ2v) is 9.39. The van der Waals surface area contributed by atoms with Crippen molar-refractivity contribution in [2.75, 3.05) is 13.2 Å². The third-order valence-corrected chi connectivity index (χ3v) is 7.84. The van der Waals surface area contributed by atoms with Crippen molar-refractivity contribution in [3.05, 3.63) is 64.1 Å². The summed E-state index contributed by atoms with van der Waals surface area (Å²) in [6.07, 6.45) is 0. The van der Waals surface area contributed by atoms with E-state index in [9.17, 15) is 13.5 Å². The number of rotatable bonds is 5. The van der Waals surface area contributed by atoms with Gasteiger partial charge >= 0.3 is 0 Å². The van der Waals surface area contributed by atoms with E-state index >= 15 is 0 Å². The Kier molecular flexibility index (Phi) is 4.59. The first-order valence-corrected chi connectivity index (χ1v) is 10.1. The lowest BCUT2D eigenvalue weighted by molar-refractivity contribution is 0.212. The molecule has 24 heavy (non-hydrogen) atoms. The Morgan fingerprint density at radius 3 is 2.21 bits per heavy atom. The first-order chi connectivity index (χ1) is 11.4. The van der Waals surface area contributed by atoms with Gasteiger partial charge in [0.1, 0.15) is 0 Å². The average molecular weight is 410 g/mol. The molecule has 1 saturated carbocycles. The third-order valence-electron chi connectivity index (χ3n) is 4.97. The van der Waals surface area contributed by atoms with Gasteiger partial charge in [-0.05, 0) is 36.8 Å². The molecule has 0 unspecified atom stereocenters. The zero-order chi connectivity index (χ0) is 17.5. The van der Waals surface area contributed by atoms with Crippen LogP contribution in [-0.2, 0) is 9.84 Å². The zero-order valence-electron chi connectivity index (χ0n) is 13.3. The number of aryl methyl sites for hydroxylation is 1. The van der Waals surface area contributed by atoms with Crippen molar-refractivity contribution in [1.29, 1.82) is 0 Å². The maximum absolute atomic E-state index is 13.1. The second-order valence-electron chi connectivity index (χ2n) is 6.40. The Hall–Kier alpha value is -1.21. The maximum Gasteiger partial charge on any atom is 0.182 e. The van der Waals surface area contributed by atoms with Crippen molar-refractivity contribution in [3.63, 3.8) is 0 Å². The molecule has 0 spiro atoms. The fourth-order valence-electron chi connectivity index (χ4n) is 3.49. The Morgan fingerprint density at radius 1 is 1.12 bits per heavy atom. The first kappa shape index (κ1) is 17.6. The topological polar surface area (TPSA) is 80.4 Å². The molecule has 0 aliphatic heterocycles. The molecule has 6 heteroatoms. The molecule has 0 aromatic heterocycles. The summed E-state index contributed by atoms with van der Waals surface area (Å²) in [7, 11) is -3.57. The maximum atomic E-state index is 13.1. The van der Waals surface area contributed by atoms with Gasteiger partial charge in [-0.25, -0.2) is 8.42 Å². The van der Waals surface area contributed by atoms with Gasteiger partial charge in [-0.2, -0.15) is 0 Å². The normalized spacial score (nSPS) is 26.3. The number of halogens is 1. The number of aliphatic hydroxyl groups is 1. The number of hydrogen-bond donors (Lipinski definition) is 2. The third kappa shape index (κ3) is 2.71. The zero-order valence-corrected chi connectivity index (χ0v) is 15.7. The number of aliphatic hydroxyl groups excluding tert-OH is 1. The van der Waals surface area contributed by atoms with Crippen LogP contribution in [0.15, 0.2) is 57.9 Å². The molecular formula is C18H20BrNO3S. The Labute approximate surface area is 150 Å². The van der Waals surface area contributed by atoms with E-state index in [2.05, 4.69) is 15.9 Å². The van der Waals surface area contributed by atoms with Gasteiger partial charge in [0.25, 0.3) is 0 Å². The number of sulfone groups is 1. The largest absolute Gasteiger partial charge is 0.396 e. The van der Waals surface area contributed by atoms with Crippen LogP contribution in [0, 0.1) is 12.3 Å². The van der Waals surface area contributed by atoms with Crippen LogP contribution in [0.2, 0.25) is 0 Å². The molecule has 1 fully saturated rings. The summed E-state index contributed by atoms with van der Waals surface area (Å²) >= 11 is 3.38. The Balaban J connectivity index is 2.04. The molecule has 3 N–H and O–H groups in total. The van der Waals surface area contributed by atoms with Crippen LogP contribution in [-0.4, -0.2) is 31.9 Å². The van der Waals surface area contributed by atoms with Crippen LogP contribution in [0.3, 0.4) is 0 Å². The summed E-state index contributed by atoms with van der Waals surface area (Å²) in [6, 6.07) is 14.4. The summed E-state index contributed by atoms with van der Waals surface area (Å²) < 4.78 is 27.2. The van der Waals surface area contributed by atoms with Crippen LogP contribution in [0.4, 0.5) is 0 Å². The highest BCUT2D eigenvalue weighted by molar-refractivity contribution is 9.10.